The van der Waals surface area contributed by atoms with Gasteiger partial charge in [0.1, 0.15) is 0 Å². The molecule has 2 aromatic heterocycles. The second kappa shape index (κ2) is 8.45. The first kappa shape index (κ1) is 18.6. The fraction of sp³-hybridized carbons (Fsp3) is 0.550. The van der Waals surface area contributed by atoms with Crippen molar-refractivity contribution in [2.24, 2.45) is 5.92 Å². The minimum absolute atomic E-state index is 0.0364. The van der Waals surface area contributed by atoms with E-state index in [4.69, 9.17) is 0 Å². The third-order valence-corrected chi connectivity index (χ3v) is 5.15. The summed E-state index contributed by atoms with van der Waals surface area (Å²) < 4.78 is 1.76. The third kappa shape index (κ3) is 4.12. The predicted octanol–water partition coefficient (Wildman–Crippen LogP) is 2.68. The highest BCUT2D eigenvalue weighted by Crippen LogP contribution is 2.18. The lowest BCUT2D eigenvalue weighted by atomic mass is 9.97. The molecule has 6 heteroatoms. The minimum atomic E-state index is -0.0364. The van der Waals surface area contributed by atoms with Crippen molar-refractivity contribution in [2.45, 2.75) is 46.1 Å². The number of pyridine rings is 1. The molecule has 1 amide bonds. The summed E-state index contributed by atoms with van der Waals surface area (Å²) in [5, 5.41) is 7.52. The van der Waals surface area contributed by atoms with E-state index in [1.807, 2.05) is 25.1 Å². The molecule has 0 saturated carbocycles. The summed E-state index contributed by atoms with van der Waals surface area (Å²) in [4.78, 5) is 19.6. The summed E-state index contributed by atoms with van der Waals surface area (Å²) in [5.41, 5.74) is 1.54. The van der Waals surface area contributed by atoms with Crippen LogP contribution in [0, 0.1) is 5.92 Å². The normalized spacial score (nSPS) is 18.2. The zero-order valence-electron chi connectivity index (χ0n) is 16.0. The van der Waals surface area contributed by atoms with E-state index in [1.54, 1.807) is 17.1 Å². The molecule has 0 aromatic carbocycles. The summed E-state index contributed by atoms with van der Waals surface area (Å²) in [5.74, 6) is 1.22. The number of carbonyl (C=O) groups excluding carboxylic acids is 1. The van der Waals surface area contributed by atoms with Crippen LogP contribution in [0.4, 0.5) is 0 Å². The van der Waals surface area contributed by atoms with Gasteiger partial charge in [0, 0.05) is 25.3 Å². The number of carbonyl (C=O) groups is 1. The van der Waals surface area contributed by atoms with E-state index in [2.05, 4.69) is 34.1 Å². The number of piperidine rings is 1. The van der Waals surface area contributed by atoms with E-state index < -0.39 is 0 Å². The van der Waals surface area contributed by atoms with Crippen LogP contribution in [-0.4, -0.2) is 51.2 Å². The maximum Gasteiger partial charge on any atom is 0.254 e. The number of hydrogen-bond donors (Lipinski definition) is 1. The number of amides is 1. The number of aromatic nitrogens is 3. The Morgan fingerprint density at radius 2 is 2.23 bits per heavy atom. The molecule has 0 aliphatic carbocycles. The lowest BCUT2D eigenvalue weighted by molar-refractivity contribution is 0.0921. The van der Waals surface area contributed by atoms with Crippen molar-refractivity contribution in [3.63, 3.8) is 0 Å². The molecule has 2 aromatic rings. The second-order valence-electron chi connectivity index (χ2n) is 7.27. The molecule has 1 fully saturated rings. The number of hydrogen-bond acceptors (Lipinski definition) is 4. The Morgan fingerprint density at radius 1 is 1.38 bits per heavy atom. The molecule has 0 spiro atoms. The van der Waals surface area contributed by atoms with Crippen LogP contribution < -0.4 is 5.32 Å². The zero-order valence-corrected chi connectivity index (χ0v) is 16.0. The van der Waals surface area contributed by atoms with Crippen molar-refractivity contribution in [3.8, 4) is 5.82 Å². The standard InChI is InChI=1S/C20H29N5O/c1-4-18-17(13-23-25(18)19-9-5-6-10-21-19)20(26)22-12-16-8-7-11-24(14-16)15(2)3/h5-6,9-10,13,15-16H,4,7-8,11-12,14H2,1-3H3,(H,22,26)/t16-/m0/s1. The molecule has 26 heavy (non-hydrogen) atoms. The first-order valence-electron chi connectivity index (χ1n) is 9.60. The van der Waals surface area contributed by atoms with Gasteiger partial charge >= 0.3 is 0 Å². The highest BCUT2D eigenvalue weighted by atomic mass is 16.1. The van der Waals surface area contributed by atoms with E-state index in [1.165, 1.54) is 19.4 Å². The van der Waals surface area contributed by atoms with Crippen molar-refractivity contribution >= 4 is 5.91 Å². The molecule has 140 valence electrons. The maximum absolute atomic E-state index is 12.7. The first-order valence-corrected chi connectivity index (χ1v) is 9.60. The van der Waals surface area contributed by atoms with E-state index in [-0.39, 0.29) is 5.91 Å². The summed E-state index contributed by atoms with van der Waals surface area (Å²) in [6, 6.07) is 6.26. The van der Waals surface area contributed by atoms with Crippen molar-refractivity contribution in [2.75, 3.05) is 19.6 Å². The Hall–Kier alpha value is -2.21. The molecule has 0 radical (unpaired) electrons. The molecule has 3 rings (SSSR count). The second-order valence-corrected chi connectivity index (χ2v) is 7.27. The molecular weight excluding hydrogens is 326 g/mol. The van der Waals surface area contributed by atoms with Gasteiger partial charge in [0.05, 0.1) is 17.5 Å². The van der Waals surface area contributed by atoms with E-state index in [0.29, 0.717) is 17.5 Å². The van der Waals surface area contributed by atoms with Crippen LogP contribution in [0.3, 0.4) is 0 Å². The number of rotatable bonds is 6. The van der Waals surface area contributed by atoms with Crippen molar-refractivity contribution in [1.29, 1.82) is 0 Å². The quantitative estimate of drug-likeness (QED) is 0.865. The Labute approximate surface area is 155 Å². The molecule has 1 aliphatic heterocycles. The minimum Gasteiger partial charge on any atom is -0.352 e. The molecule has 3 heterocycles. The maximum atomic E-state index is 12.7. The van der Waals surface area contributed by atoms with Gasteiger partial charge in [-0.05, 0) is 57.7 Å². The van der Waals surface area contributed by atoms with Crippen LogP contribution in [0.1, 0.15) is 49.7 Å². The van der Waals surface area contributed by atoms with Gasteiger partial charge < -0.3 is 10.2 Å². The Bertz CT molecular complexity index is 725. The smallest absolute Gasteiger partial charge is 0.254 e. The van der Waals surface area contributed by atoms with E-state index >= 15 is 0 Å². The molecular formula is C20H29N5O. The average molecular weight is 355 g/mol. The van der Waals surface area contributed by atoms with Gasteiger partial charge in [0.2, 0.25) is 0 Å². The summed E-state index contributed by atoms with van der Waals surface area (Å²) in [7, 11) is 0. The Morgan fingerprint density at radius 3 is 2.92 bits per heavy atom. The molecule has 0 unspecified atom stereocenters. The van der Waals surface area contributed by atoms with Crippen LogP contribution in [0.15, 0.2) is 30.6 Å². The predicted molar refractivity (Wildman–Crippen MR) is 103 cm³/mol. The highest BCUT2D eigenvalue weighted by Gasteiger charge is 2.23. The summed E-state index contributed by atoms with van der Waals surface area (Å²) in [6.45, 7) is 9.46. The van der Waals surface area contributed by atoms with Crippen LogP contribution in [-0.2, 0) is 6.42 Å². The third-order valence-electron chi connectivity index (χ3n) is 5.15. The van der Waals surface area contributed by atoms with Gasteiger partial charge in [-0.3, -0.25) is 4.79 Å². The Kier molecular flexibility index (Phi) is 6.04. The largest absolute Gasteiger partial charge is 0.352 e. The van der Waals surface area contributed by atoms with Gasteiger partial charge in [-0.15, -0.1) is 0 Å². The monoisotopic (exact) mass is 355 g/mol. The average Bonchev–Trinajstić information content (AvgIpc) is 3.11. The van der Waals surface area contributed by atoms with Crippen LogP contribution >= 0.6 is 0 Å². The van der Waals surface area contributed by atoms with Gasteiger partial charge in [-0.1, -0.05) is 13.0 Å². The molecule has 1 saturated heterocycles. The lowest BCUT2D eigenvalue weighted by Gasteiger charge is -2.35. The topological polar surface area (TPSA) is 63.1 Å². The van der Waals surface area contributed by atoms with Crippen LogP contribution in [0.25, 0.3) is 5.82 Å². The fourth-order valence-corrected chi connectivity index (χ4v) is 3.65. The van der Waals surface area contributed by atoms with Gasteiger partial charge in [-0.2, -0.15) is 5.10 Å². The SMILES string of the molecule is CCc1c(C(=O)NC[C@@H]2CCCN(C(C)C)C2)cnn1-c1ccccn1. The zero-order chi connectivity index (χ0) is 18.5. The Balaban J connectivity index is 1.66. The van der Waals surface area contributed by atoms with Crippen molar-refractivity contribution < 1.29 is 4.79 Å². The van der Waals surface area contributed by atoms with Gasteiger partial charge in [-0.25, -0.2) is 9.67 Å². The van der Waals surface area contributed by atoms with Gasteiger partial charge in [0.15, 0.2) is 5.82 Å². The van der Waals surface area contributed by atoms with E-state index in [0.717, 1.165) is 31.0 Å². The molecule has 1 aliphatic rings. The first-order chi connectivity index (χ1) is 12.6. The number of likely N-dealkylation sites (tertiary alicyclic amines) is 1. The van der Waals surface area contributed by atoms with E-state index in [9.17, 15) is 4.79 Å². The van der Waals surface area contributed by atoms with Crippen LogP contribution in [0.2, 0.25) is 0 Å². The molecule has 6 nitrogen and oxygen atoms in total. The van der Waals surface area contributed by atoms with Crippen molar-refractivity contribution in [1.82, 2.24) is 25.0 Å². The number of nitrogens with one attached hydrogen (secondary N) is 1. The van der Waals surface area contributed by atoms with Crippen LogP contribution in [0.5, 0.6) is 0 Å². The summed E-state index contributed by atoms with van der Waals surface area (Å²) >= 11 is 0. The highest BCUT2D eigenvalue weighted by molar-refractivity contribution is 5.95. The summed E-state index contributed by atoms with van der Waals surface area (Å²) in [6.07, 6.45) is 6.50. The fourth-order valence-electron chi connectivity index (χ4n) is 3.65. The molecule has 1 N–H and O–H groups in total. The van der Waals surface area contributed by atoms with Crippen molar-refractivity contribution in [3.05, 3.63) is 41.9 Å². The van der Waals surface area contributed by atoms with Gasteiger partial charge in [0.25, 0.3) is 5.91 Å². The molecule has 1 atom stereocenters. The lowest BCUT2D eigenvalue weighted by Crippen LogP contribution is -2.43. The number of nitrogens with zero attached hydrogens (tertiary/aromatic N) is 4. The molecule has 0 bridgehead atoms.